The Hall–Kier alpha value is -0.350. The molecule has 1 aliphatic rings. The van der Waals surface area contributed by atoms with Crippen LogP contribution in [-0.2, 0) is 11.3 Å². The van der Waals surface area contributed by atoms with Crippen molar-refractivity contribution in [3.63, 3.8) is 0 Å². The average molecular weight is 274 g/mol. The van der Waals surface area contributed by atoms with Crippen molar-refractivity contribution >= 4 is 33.2 Å². The van der Waals surface area contributed by atoms with Crippen molar-refractivity contribution in [2.75, 3.05) is 7.05 Å². The van der Waals surface area contributed by atoms with E-state index < -0.39 is 0 Å². The summed E-state index contributed by atoms with van der Waals surface area (Å²) < 4.78 is 1.10. The highest BCUT2D eigenvalue weighted by molar-refractivity contribution is 9.10. The van der Waals surface area contributed by atoms with Crippen LogP contribution in [-0.4, -0.2) is 17.9 Å². The van der Waals surface area contributed by atoms with E-state index in [1.54, 1.807) is 11.3 Å². The molecule has 0 spiro atoms. The van der Waals surface area contributed by atoms with Gasteiger partial charge in [-0.1, -0.05) is 0 Å². The molecule has 0 aromatic carbocycles. The highest BCUT2D eigenvalue weighted by Gasteiger charge is 2.31. The van der Waals surface area contributed by atoms with Crippen LogP contribution in [0.1, 0.15) is 17.7 Å². The Bertz CT molecular complexity index is 346. The molecular weight excluding hydrogens is 262 g/mol. The van der Waals surface area contributed by atoms with Gasteiger partial charge in [0.15, 0.2) is 0 Å². The van der Waals surface area contributed by atoms with Gasteiger partial charge in [-0.2, -0.15) is 0 Å². The standard InChI is InChI=1S/C10H12BrNOS/c1-12(10(13)7-2-3-7)5-9-4-8(11)6-14-9/h4,6-7H,2-3,5H2,1H3. The number of carbonyl (C=O) groups is 1. The molecule has 1 aromatic heterocycles. The van der Waals surface area contributed by atoms with Crippen molar-refractivity contribution in [3.8, 4) is 0 Å². The van der Waals surface area contributed by atoms with Crippen LogP contribution in [0, 0.1) is 5.92 Å². The Labute approximate surface area is 96.0 Å². The fraction of sp³-hybridized carbons (Fsp3) is 0.500. The van der Waals surface area contributed by atoms with Gasteiger partial charge in [0.1, 0.15) is 0 Å². The van der Waals surface area contributed by atoms with Gasteiger partial charge in [0.2, 0.25) is 5.91 Å². The maximum atomic E-state index is 11.6. The molecule has 0 radical (unpaired) electrons. The Morgan fingerprint density at radius 1 is 1.71 bits per heavy atom. The number of nitrogens with zero attached hydrogens (tertiary/aromatic N) is 1. The molecule has 76 valence electrons. The maximum Gasteiger partial charge on any atom is 0.225 e. The van der Waals surface area contributed by atoms with E-state index in [-0.39, 0.29) is 0 Å². The lowest BCUT2D eigenvalue weighted by molar-refractivity contribution is -0.131. The van der Waals surface area contributed by atoms with E-state index in [1.807, 2.05) is 17.3 Å². The van der Waals surface area contributed by atoms with E-state index in [1.165, 1.54) is 4.88 Å². The quantitative estimate of drug-likeness (QED) is 0.830. The third kappa shape index (κ3) is 2.36. The Morgan fingerprint density at radius 2 is 2.43 bits per heavy atom. The zero-order valence-electron chi connectivity index (χ0n) is 8.00. The molecule has 2 nitrogen and oxygen atoms in total. The Morgan fingerprint density at radius 3 is 2.93 bits per heavy atom. The first-order valence-corrected chi connectivity index (χ1v) is 6.32. The summed E-state index contributed by atoms with van der Waals surface area (Å²) in [7, 11) is 1.88. The summed E-state index contributed by atoms with van der Waals surface area (Å²) in [6.45, 7) is 0.742. The van der Waals surface area contributed by atoms with E-state index in [0.717, 1.165) is 23.9 Å². The molecule has 1 fully saturated rings. The van der Waals surface area contributed by atoms with Gasteiger partial charge in [0.25, 0.3) is 0 Å². The van der Waals surface area contributed by atoms with Crippen molar-refractivity contribution in [2.24, 2.45) is 5.92 Å². The highest BCUT2D eigenvalue weighted by Crippen LogP contribution is 2.31. The second-order valence-electron chi connectivity index (χ2n) is 3.70. The number of rotatable bonds is 3. The first kappa shape index (κ1) is 10.2. The molecule has 2 rings (SSSR count). The van der Waals surface area contributed by atoms with E-state index >= 15 is 0 Å². The number of thiophene rings is 1. The summed E-state index contributed by atoms with van der Waals surface area (Å²) in [5.41, 5.74) is 0. The van der Waals surface area contributed by atoms with Gasteiger partial charge >= 0.3 is 0 Å². The second-order valence-corrected chi connectivity index (χ2v) is 5.61. The van der Waals surface area contributed by atoms with Gasteiger partial charge in [-0.3, -0.25) is 4.79 Å². The van der Waals surface area contributed by atoms with Crippen molar-refractivity contribution in [3.05, 3.63) is 20.8 Å². The van der Waals surface area contributed by atoms with Crippen molar-refractivity contribution in [1.82, 2.24) is 4.90 Å². The lowest BCUT2D eigenvalue weighted by Gasteiger charge is -2.15. The summed E-state index contributed by atoms with van der Waals surface area (Å²) in [6.07, 6.45) is 2.16. The first-order valence-electron chi connectivity index (χ1n) is 4.64. The van der Waals surface area contributed by atoms with Crippen LogP contribution in [0.15, 0.2) is 15.9 Å². The fourth-order valence-electron chi connectivity index (χ4n) is 1.39. The van der Waals surface area contributed by atoms with Crippen LogP contribution in [0.25, 0.3) is 0 Å². The van der Waals surface area contributed by atoms with Gasteiger partial charge < -0.3 is 4.90 Å². The van der Waals surface area contributed by atoms with E-state index in [0.29, 0.717) is 11.8 Å². The van der Waals surface area contributed by atoms with Gasteiger partial charge in [-0.05, 0) is 34.8 Å². The third-order valence-corrected chi connectivity index (χ3v) is 4.00. The van der Waals surface area contributed by atoms with Gasteiger partial charge in [-0.25, -0.2) is 0 Å². The summed E-state index contributed by atoms with van der Waals surface area (Å²) in [5.74, 6) is 0.623. The van der Waals surface area contributed by atoms with E-state index in [2.05, 4.69) is 22.0 Å². The summed E-state index contributed by atoms with van der Waals surface area (Å²) in [6, 6.07) is 2.07. The van der Waals surface area contributed by atoms with E-state index in [4.69, 9.17) is 0 Å². The zero-order chi connectivity index (χ0) is 10.1. The smallest absolute Gasteiger partial charge is 0.225 e. The molecule has 0 N–H and O–H groups in total. The molecule has 14 heavy (non-hydrogen) atoms. The molecule has 1 aromatic rings. The Balaban J connectivity index is 1.93. The molecular formula is C10H12BrNOS. The van der Waals surface area contributed by atoms with Crippen LogP contribution in [0.3, 0.4) is 0 Å². The third-order valence-electron chi connectivity index (χ3n) is 2.32. The highest BCUT2D eigenvalue weighted by atomic mass is 79.9. The first-order chi connectivity index (χ1) is 6.66. The Kier molecular flexibility index (Phi) is 2.93. The van der Waals surface area contributed by atoms with Crippen LogP contribution >= 0.6 is 27.3 Å². The predicted molar refractivity (Wildman–Crippen MR) is 61.2 cm³/mol. The largest absolute Gasteiger partial charge is 0.340 e. The van der Waals surface area contributed by atoms with Crippen LogP contribution < -0.4 is 0 Å². The number of carbonyl (C=O) groups excluding carboxylic acids is 1. The lowest BCUT2D eigenvalue weighted by Crippen LogP contribution is -2.26. The van der Waals surface area contributed by atoms with Crippen molar-refractivity contribution in [2.45, 2.75) is 19.4 Å². The van der Waals surface area contributed by atoms with Crippen LogP contribution in [0.4, 0.5) is 0 Å². The van der Waals surface area contributed by atoms with Gasteiger partial charge in [-0.15, -0.1) is 11.3 Å². The van der Waals surface area contributed by atoms with Crippen LogP contribution in [0.2, 0.25) is 0 Å². The van der Waals surface area contributed by atoms with E-state index in [9.17, 15) is 4.79 Å². The molecule has 0 saturated heterocycles. The normalized spacial score (nSPS) is 15.6. The summed E-state index contributed by atoms with van der Waals surface area (Å²) >= 11 is 5.09. The van der Waals surface area contributed by atoms with Crippen LogP contribution in [0.5, 0.6) is 0 Å². The number of hydrogen-bond donors (Lipinski definition) is 0. The monoisotopic (exact) mass is 273 g/mol. The number of amides is 1. The average Bonchev–Trinajstić information content (AvgIpc) is 2.91. The molecule has 0 atom stereocenters. The van der Waals surface area contributed by atoms with Crippen molar-refractivity contribution in [1.29, 1.82) is 0 Å². The zero-order valence-corrected chi connectivity index (χ0v) is 10.4. The topological polar surface area (TPSA) is 20.3 Å². The van der Waals surface area contributed by atoms with Crippen molar-refractivity contribution < 1.29 is 4.79 Å². The lowest BCUT2D eigenvalue weighted by atomic mass is 10.3. The van der Waals surface area contributed by atoms with Gasteiger partial charge in [0.05, 0.1) is 6.54 Å². The minimum atomic E-state index is 0.300. The number of hydrogen-bond acceptors (Lipinski definition) is 2. The minimum Gasteiger partial charge on any atom is -0.340 e. The molecule has 1 heterocycles. The minimum absolute atomic E-state index is 0.300. The molecule has 1 saturated carbocycles. The SMILES string of the molecule is CN(Cc1cc(Br)cs1)C(=O)C1CC1. The molecule has 1 aliphatic carbocycles. The predicted octanol–water partition coefficient (Wildman–Crippen LogP) is 2.88. The molecule has 1 amide bonds. The van der Waals surface area contributed by atoms with Gasteiger partial charge in [0, 0.05) is 27.7 Å². The molecule has 0 unspecified atom stereocenters. The fourth-order valence-corrected chi connectivity index (χ4v) is 2.89. The summed E-state index contributed by atoms with van der Waals surface area (Å²) in [4.78, 5) is 14.7. The molecule has 0 aliphatic heterocycles. The maximum absolute atomic E-state index is 11.6. The second kappa shape index (κ2) is 4.03. The number of halogens is 1. The molecule has 4 heteroatoms. The summed E-state index contributed by atoms with van der Waals surface area (Å²) in [5, 5.41) is 2.05. The molecule has 0 bridgehead atoms.